The normalized spacial score (nSPS) is 10.4. The highest BCUT2D eigenvalue weighted by Crippen LogP contribution is 2.08. The number of carbonyl (C=O) groups excluding carboxylic acids is 1. The third kappa shape index (κ3) is 4.27. The Hall–Kier alpha value is -1.13. The molecule has 1 heterocycles. The van der Waals surface area contributed by atoms with Crippen LogP contribution in [0.3, 0.4) is 0 Å². The van der Waals surface area contributed by atoms with E-state index < -0.39 is 0 Å². The van der Waals surface area contributed by atoms with Gasteiger partial charge in [0.2, 0.25) is 0 Å². The lowest BCUT2D eigenvalue weighted by Crippen LogP contribution is -2.26. The van der Waals surface area contributed by atoms with Crippen molar-refractivity contribution in [2.45, 2.75) is 6.54 Å². The van der Waals surface area contributed by atoms with Crippen molar-refractivity contribution in [2.75, 3.05) is 20.7 Å². The molecular formula is C10H13ClN2O2. The Morgan fingerprint density at radius 3 is 3.00 bits per heavy atom. The lowest BCUT2D eigenvalue weighted by Gasteiger charge is -2.14. The molecule has 0 amide bonds. The van der Waals surface area contributed by atoms with E-state index in [2.05, 4.69) is 9.72 Å². The third-order valence-corrected chi connectivity index (χ3v) is 2.08. The Balaban J connectivity index is 2.51. The number of pyridine rings is 1. The highest BCUT2D eigenvalue weighted by molar-refractivity contribution is 6.29. The van der Waals surface area contributed by atoms with Crippen LogP contribution < -0.4 is 0 Å². The summed E-state index contributed by atoms with van der Waals surface area (Å²) in [6.07, 6.45) is 1.64. The summed E-state index contributed by atoms with van der Waals surface area (Å²) >= 11 is 5.74. The highest BCUT2D eigenvalue weighted by Gasteiger charge is 2.06. The van der Waals surface area contributed by atoms with E-state index in [0.29, 0.717) is 11.7 Å². The van der Waals surface area contributed by atoms with Gasteiger partial charge in [-0.25, -0.2) is 4.98 Å². The lowest BCUT2D eigenvalue weighted by atomic mass is 10.2. The van der Waals surface area contributed by atoms with Crippen molar-refractivity contribution in [1.29, 1.82) is 0 Å². The molecule has 0 bridgehead atoms. The van der Waals surface area contributed by atoms with Gasteiger partial charge in [0.15, 0.2) is 0 Å². The number of likely N-dealkylation sites (N-methyl/N-ethyl adjacent to an activating group) is 1. The molecule has 0 N–H and O–H groups in total. The molecule has 0 saturated heterocycles. The summed E-state index contributed by atoms with van der Waals surface area (Å²) in [5.74, 6) is -0.252. The van der Waals surface area contributed by atoms with Crippen LogP contribution in [-0.4, -0.2) is 36.6 Å². The zero-order chi connectivity index (χ0) is 11.3. The van der Waals surface area contributed by atoms with Crippen LogP contribution in [-0.2, 0) is 16.1 Å². The first-order chi connectivity index (χ1) is 7.11. The highest BCUT2D eigenvalue weighted by atomic mass is 35.5. The van der Waals surface area contributed by atoms with E-state index in [9.17, 15) is 4.79 Å². The van der Waals surface area contributed by atoms with Gasteiger partial charge in [0.1, 0.15) is 5.15 Å². The molecule has 5 heteroatoms. The number of nitrogens with zero attached hydrogens (tertiary/aromatic N) is 2. The lowest BCUT2D eigenvalue weighted by molar-refractivity contribution is -0.141. The van der Waals surface area contributed by atoms with Crippen molar-refractivity contribution >= 4 is 17.6 Å². The van der Waals surface area contributed by atoms with Crippen LogP contribution in [0.2, 0.25) is 5.15 Å². The van der Waals surface area contributed by atoms with Crippen LogP contribution in [0.4, 0.5) is 0 Å². The van der Waals surface area contributed by atoms with Crippen molar-refractivity contribution < 1.29 is 9.53 Å². The second kappa shape index (κ2) is 5.68. The predicted octanol–water partition coefficient (Wildman–Crippen LogP) is 1.34. The number of ether oxygens (including phenoxy) is 1. The second-order valence-electron chi connectivity index (χ2n) is 3.24. The zero-order valence-corrected chi connectivity index (χ0v) is 9.49. The van der Waals surface area contributed by atoms with Crippen LogP contribution in [0.1, 0.15) is 5.56 Å². The van der Waals surface area contributed by atoms with Crippen molar-refractivity contribution in [2.24, 2.45) is 0 Å². The molecule has 4 nitrogen and oxygen atoms in total. The third-order valence-electron chi connectivity index (χ3n) is 1.87. The molecule has 1 aromatic heterocycles. The van der Waals surface area contributed by atoms with Gasteiger partial charge >= 0.3 is 5.97 Å². The van der Waals surface area contributed by atoms with Crippen LogP contribution in [0.15, 0.2) is 18.3 Å². The Morgan fingerprint density at radius 1 is 1.67 bits per heavy atom. The molecule has 0 spiro atoms. The Morgan fingerprint density at radius 2 is 2.40 bits per heavy atom. The van der Waals surface area contributed by atoms with Gasteiger partial charge in [0, 0.05) is 12.7 Å². The van der Waals surface area contributed by atoms with Gasteiger partial charge in [0.25, 0.3) is 0 Å². The molecule has 0 atom stereocenters. The topological polar surface area (TPSA) is 42.4 Å². The quantitative estimate of drug-likeness (QED) is 0.576. The summed E-state index contributed by atoms with van der Waals surface area (Å²) in [5, 5.41) is 0.457. The number of halogens is 1. The van der Waals surface area contributed by atoms with Crippen LogP contribution in [0.5, 0.6) is 0 Å². The number of carbonyl (C=O) groups is 1. The smallest absolute Gasteiger partial charge is 0.319 e. The molecule has 0 radical (unpaired) electrons. The predicted molar refractivity (Wildman–Crippen MR) is 57.6 cm³/mol. The molecule has 0 aliphatic heterocycles. The average Bonchev–Trinajstić information content (AvgIpc) is 2.17. The number of hydrogen-bond donors (Lipinski definition) is 0. The van der Waals surface area contributed by atoms with Gasteiger partial charge < -0.3 is 4.74 Å². The molecule has 0 aliphatic rings. The maximum atomic E-state index is 11.0. The van der Waals surface area contributed by atoms with E-state index in [1.54, 1.807) is 12.3 Å². The number of esters is 1. The van der Waals surface area contributed by atoms with E-state index in [4.69, 9.17) is 11.6 Å². The average molecular weight is 229 g/mol. The summed E-state index contributed by atoms with van der Waals surface area (Å²) in [7, 11) is 3.21. The SMILES string of the molecule is COC(=O)CN(C)Cc1ccnc(Cl)c1. The first kappa shape index (κ1) is 11.9. The summed E-state index contributed by atoms with van der Waals surface area (Å²) in [5.41, 5.74) is 1.02. The molecule has 0 unspecified atom stereocenters. The Labute approximate surface area is 93.8 Å². The summed E-state index contributed by atoms with van der Waals surface area (Å²) in [4.78, 5) is 16.7. The van der Waals surface area contributed by atoms with Crippen LogP contribution in [0, 0.1) is 0 Å². The number of aromatic nitrogens is 1. The summed E-state index contributed by atoms with van der Waals surface area (Å²) in [6, 6.07) is 3.63. The molecule has 1 aromatic rings. The van der Waals surface area contributed by atoms with Crippen molar-refractivity contribution in [3.05, 3.63) is 29.0 Å². The van der Waals surface area contributed by atoms with E-state index in [1.165, 1.54) is 7.11 Å². The molecule has 82 valence electrons. The largest absolute Gasteiger partial charge is 0.468 e. The first-order valence-electron chi connectivity index (χ1n) is 4.47. The Kier molecular flexibility index (Phi) is 4.52. The molecule has 0 saturated carbocycles. The van der Waals surface area contributed by atoms with E-state index in [1.807, 2.05) is 18.0 Å². The van der Waals surface area contributed by atoms with Gasteiger partial charge in [-0.3, -0.25) is 9.69 Å². The van der Waals surface area contributed by atoms with Gasteiger partial charge in [-0.1, -0.05) is 11.6 Å². The van der Waals surface area contributed by atoms with E-state index in [-0.39, 0.29) is 12.5 Å². The minimum absolute atomic E-state index is 0.252. The fraction of sp³-hybridized carbons (Fsp3) is 0.400. The van der Waals surface area contributed by atoms with Crippen molar-refractivity contribution in [3.8, 4) is 0 Å². The molecule has 15 heavy (non-hydrogen) atoms. The van der Waals surface area contributed by atoms with E-state index in [0.717, 1.165) is 5.56 Å². The first-order valence-corrected chi connectivity index (χ1v) is 4.85. The zero-order valence-electron chi connectivity index (χ0n) is 8.74. The molecule has 1 rings (SSSR count). The van der Waals surface area contributed by atoms with Gasteiger partial charge in [-0.2, -0.15) is 0 Å². The van der Waals surface area contributed by atoms with Crippen LogP contribution in [0.25, 0.3) is 0 Å². The van der Waals surface area contributed by atoms with Crippen molar-refractivity contribution in [1.82, 2.24) is 9.88 Å². The number of rotatable bonds is 4. The van der Waals surface area contributed by atoms with Crippen LogP contribution >= 0.6 is 11.6 Å². The fourth-order valence-electron chi connectivity index (χ4n) is 1.19. The second-order valence-corrected chi connectivity index (χ2v) is 3.62. The van der Waals surface area contributed by atoms with Gasteiger partial charge in [-0.05, 0) is 24.7 Å². The molecule has 0 fully saturated rings. The maximum absolute atomic E-state index is 11.0. The minimum atomic E-state index is -0.252. The molecule has 0 aromatic carbocycles. The molecular weight excluding hydrogens is 216 g/mol. The minimum Gasteiger partial charge on any atom is -0.468 e. The molecule has 0 aliphatic carbocycles. The number of methoxy groups -OCH3 is 1. The monoisotopic (exact) mass is 228 g/mol. The number of hydrogen-bond acceptors (Lipinski definition) is 4. The maximum Gasteiger partial charge on any atom is 0.319 e. The van der Waals surface area contributed by atoms with Crippen molar-refractivity contribution in [3.63, 3.8) is 0 Å². The van der Waals surface area contributed by atoms with E-state index >= 15 is 0 Å². The van der Waals surface area contributed by atoms with Gasteiger partial charge in [0.05, 0.1) is 13.7 Å². The Bertz CT molecular complexity index is 344. The summed E-state index contributed by atoms with van der Waals surface area (Å²) < 4.78 is 4.56. The standard InChI is InChI=1S/C10H13ClN2O2/c1-13(7-10(14)15-2)6-8-3-4-12-9(11)5-8/h3-5H,6-7H2,1-2H3. The van der Waals surface area contributed by atoms with Gasteiger partial charge in [-0.15, -0.1) is 0 Å². The summed E-state index contributed by atoms with van der Waals surface area (Å²) in [6.45, 7) is 0.897. The fourth-order valence-corrected chi connectivity index (χ4v) is 1.39.